The minimum Gasteiger partial charge on any atom is -0.392 e. The minimum absolute atomic E-state index is 0.000783. The number of fused-ring (bicyclic) bond motifs is 2. The third-order valence-corrected chi connectivity index (χ3v) is 8.20. The topological polar surface area (TPSA) is 83.1 Å². The zero-order chi connectivity index (χ0) is 30.5. The first-order valence-corrected chi connectivity index (χ1v) is 15.2. The third kappa shape index (κ3) is 6.77. The predicted octanol–water partition coefficient (Wildman–Crippen LogP) is 7.30. The maximum Gasteiger partial charge on any atom is 0.319 e. The van der Waals surface area contributed by atoms with Gasteiger partial charge in [0.1, 0.15) is 0 Å². The molecule has 6 rings (SSSR count). The van der Waals surface area contributed by atoms with Crippen LogP contribution >= 0.6 is 0 Å². The van der Waals surface area contributed by atoms with Gasteiger partial charge in [-0.2, -0.15) is 0 Å². The molecule has 5 aromatic rings. The van der Waals surface area contributed by atoms with Crippen LogP contribution in [0.25, 0.3) is 21.5 Å². The van der Waals surface area contributed by atoms with Gasteiger partial charge in [0.25, 0.3) is 0 Å². The van der Waals surface area contributed by atoms with Crippen LogP contribution in [-0.4, -0.2) is 42.3 Å². The zero-order valence-electron chi connectivity index (χ0n) is 25.2. The fraction of sp³-hybridized carbons (Fsp3) is 0.270. The number of urea groups is 1. The molecule has 0 aliphatic carbocycles. The molecule has 7 heteroatoms. The smallest absolute Gasteiger partial charge is 0.319 e. The summed E-state index contributed by atoms with van der Waals surface area (Å²) in [6, 6.07) is 34.7. The van der Waals surface area contributed by atoms with Crippen molar-refractivity contribution in [3.63, 3.8) is 0 Å². The molecule has 1 saturated heterocycles. The molecule has 5 aromatic carbocycles. The molecule has 1 fully saturated rings. The number of carbonyl (C=O) groups is 1. The van der Waals surface area contributed by atoms with E-state index in [1.807, 2.05) is 55.5 Å². The second-order valence-electron chi connectivity index (χ2n) is 11.5. The van der Waals surface area contributed by atoms with Crippen molar-refractivity contribution < 1.29 is 19.4 Å². The van der Waals surface area contributed by atoms with Gasteiger partial charge in [-0.1, -0.05) is 84.9 Å². The average Bonchev–Trinajstić information content (AvgIpc) is 3.04. The number of ether oxygens (including phenoxy) is 2. The summed E-state index contributed by atoms with van der Waals surface area (Å²) in [6.07, 6.45) is -0.230. The van der Waals surface area contributed by atoms with Crippen LogP contribution in [-0.2, 0) is 22.6 Å². The van der Waals surface area contributed by atoms with Crippen molar-refractivity contribution in [3.05, 3.63) is 125 Å². The van der Waals surface area contributed by atoms with Gasteiger partial charge in [-0.3, -0.25) is 4.90 Å². The molecule has 2 amide bonds. The number of anilines is 1. The first-order valence-electron chi connectivity index (χ1n) is 15.2. The number of nitrogens with one attached hydrogen (secondary N) is 2. The molecule has 0 bridgehead atoms. The summed E-state index contributed by atoms with van der Waals surface area (Å²) >= 11 is 0. The van der Waals surface area contributed by atoms with E-state index >= 15 is 0 Å². The molecule has 7 nitrogen and oxygen atoms in total. The molecule has 1 unspecified atom stereocenters. The number of hydrogen-bond acceptors (Lipinski definition) is 5. The summed E-state index contributed by atoms with van der Waals surface area (Å²) in [7, 11) is 2.15. The fourth-order valence-corrected chi connectivity index (χ4v) is 6.09. The Kier molecular flexibility index (Phi) is 9.19. The van der Waals surface area contributed by atoms with Crippen molar-refractivity contribution in [1.82, 2.24) is 10.2 Å². The highest BCUT2D eigenvalue weighted by Crippen LogP contribution is 2.39. The summed E-state index contributed by atoms with van der Waals surface area (Å²) in [6.45, 7) is 3.90. The number of amides is 2. The summed E-state index contributed by atoms with van der Waals surface area (Å²) in [5.41, 5.74) is 4.72. The van der Waals surface area contributed by atoms with Crippen molar-refractivity contribution in [2.24, 2.45) is 0 Å². The van der Waals surface area contributed by atoms with Gasteiger partial charge < -0.3 is 25.2 Å². The largest absolute Gasteiger partial charge is 0.392 e. The molecule has 0 aromatic heterocycles. The molecule has 3 atom stereocenters. The van der Waals surface area contributed by atoms with Gasteiger partial charge in [-0.15, -0.1) is 0 Å². The van der Waals surface area contributed by atoms with Crippen molar-refractivity contribution in [2.45, 2.75) is 45.0 Å². The van der Waals surface area contributed by atoms with Crippen LogP contribution in [0.3, 0.4) is 0 Å². The standard InChI is InChI=1S/C37H39N3O4/c1-3-38-37(42)39-30-12-8-11-29(20-30)36-43-31(21-35(44-36)26-17-15-25(24-41)16-18-26)22-40(2)23-34-32-13-6-4-9-27(32)19-28-10-5-7-14-33(28)34/h4-20,31,35-36,41H,3,21-24H2,1-2H3,(H2,38,39,42)/t31-,35+,36?/m0/s1. The maximum atomic E-state index is 12.2. The molecule has 1 aliphatic rings. The van der Waals surface area contributed by atoms with Crippen molar-refractivity contribution >= 4 is 33.3 Å². The van der Waals surface area contributed by atoms with E-state index in [-0.39, 0.29) is 24.8 Å². The van der Waals surface area contributed by atoms with Crippen LogP contribution in [0.2, 0.25) is 0 Å². The molecular formula is C37H39N3O4. The molecule has 226 valence electrons. The first-order chi connectivity index (χ1) is 21.5. The molecular weight excluding hydrogens is 550 g/mol. The summed E-state index contributed by atoms with van der Waals surface area (Å²) in [5, 5.41) is 20.2. The monoisotopic (exact) mass is 589 g/mol. The maximum absolute atomic E-state index is 12.2. The molecule has 3 N–H and O–H groups in total. The summed E-state index contributed by atoms with van der Waals surface area (Å²) in [5.74, 6) is 0. The number of benzene rings is 5. The van der Waals surface area contributed by atoms with E-state index in [2.05, 4.69) is 77.2 Å². The van der Waals surface area contributed by atoms with E-state index < -0.39 is 6.29 Å². The Labute approximate surface area is 258 Å². The van der Waals surface area contributed by atoms with Crippen LogP contribution in [0.4, 0.5) is 10.5 Å². The molecule has 1 heterocycles. The van der Waals surface area contributed by atoms with Crippen LogP contribution in [0.15, 0.2) is 103 Å². The molecule has 44 heavy (non-hydrogen) atoms. The van der Waals surface area contributed by atoms with Crippen LogP contribution in [0.5, 0.6) is 0 Å². The van der Waals surface area contributed by atoms with Crippen LogP contribution in [0, 0.1) is 0 Å². The highest BCUT2D eigenvalue weighted by Gasteiger charge is 2.33. The summed E-state index contributed by atoms with van der Waals surface area (Å²) in [4.78, 5) is 14.5. The minimum atomic E-state index is -0.612. The van der Waals surface area contributed by atoms with E-state index in [1.54, 1.807) is 0 Å². The summed E-state index contributed by atoms with van der Waals surface area (Å²) < 4.78 is 13.2. The lowest BCUT2D eigenvalue weighted by Gasteiger charge is -2.38. The first kappa shape index (κ1) is 29.8. The second-order valence-corrected chi connectivity index (χ2v) is 11.5. The van der Waals surface area contributed by atoms with Gasteiger partial charge in [0, 0.05) is 37.3 Å². The number of carbonyl (C=O) groups excluding carboxylic acids is 1. The highest BCUT2D eigenvalue weighted by atomic mass is 16.7. The number of likely N-dealkylation sites (N-methyl/N-ethyl adjacent to an activating group) is 1. The van der Waals surface area contributed by atoms with Gasteiger partial charge in [0.05, 0.1) is 18.8 Å². The van der Waals surface area contributed by atoms with E-state index in [0.717, 1.165) is 23.2 Å². The zero-order valence-corrected chi connectivity index (χ0v) is 25.2. The average molecular weight is 590 g/mol. The number of hydrogen-bond donors (Lipinski definition) is 3. The number of nitrogens with zero attached hydrogens (tertiary/aromatic N) is 1. The second kappa shape index (κ2) is 13.6. The van der Waals surface area contributed by atoms with E-state index in [1.165, 1.54) is 27.1 Å². The Morgan fingerprint density at radius 3 is 2.25 bits per heavy atom. The van der Waals surface area contributed by atoms with Crippen molar-refractivity contribution in [2.75, 3.05) is 25.5 Å². The number of aliphatic hydroxyl groups excluding tert-OH is 1. The Bertz CT molecular complexity index is 1680. The van der Waals surface area contributed by atoms with Gasteiger partial charge >= 0.3 is 6.03 Å². The highest BCUT2D eigenvalue weighted by molar-refractivity contribution is 6.02. The Balaban J connectivity index is 1.26. The Morgan fingerprint density at radius 2 is 1.57 bits per heavy atom. The quantitative estimate of drug-likeness (QED) is 0.157. The van der Waals surface area contributed by atoms with Gasteiger partial charge in [0.2, 0.25) is 0 Å². The van der Waals surface area contributed by atoms with E-state index in [4.69, 9.17) is 9.47 Å². The lowest BCUT2D eigenvalue weighted by molar-refractivity contribution is -0.252. The van der Waals surface area contributed by atoms with E-state index in [0.29, 0.717) is 25.2 Å². The van der Waals surface area contributed by atoms with Crippen LogP contribution < -0.4 is 10.6 Å². The lowest BCUT2D eigenvalue weighted by Crippen LogP contribution is -2.37. The lowest BCUT2D eigenvalue weighted by atomic mass is 9.96. The molecule has 0 saturated carbocycles. The van der Waals surface area contributed by atoms with Gasteiger partial charge in [-0.25, -0.2) is 4.79 Å². The van der Waals surface area contributed by atoms with Crippen molar-refractivity contribution in [3.8, 4) is 0 Å². The number of rotatable bonds is 9. The van der Waals surface area contributed by atoms with Gasteiger partial charge in [0.15, 0.2) is 6.29 Å². The predicted molar refractivity (Wildman–Crippen MR) is 175 cm³/mol. The third-order valence-electron chi connectivity index (χ3n) is 8.20. The molecule has 0 spiro atoms. The van der Waals surface area contributed by atoms with Crippen molar-refractivity contribution in [1.29, 1.82) is 0 Å². The number of aliphatic hydroxyl groups is 1. The Hall–Kier alpha value is -4.27. The SMILES string of the molecule is CCNC(=O)Nc1cccc(C2O[C@H](CN(C)Cc3c4ccccc4cc4ccccc34)C[C@H](c3ccc(CO)cc3)O2)c1. The fourth-order valence-electron chi connectivity index (χ4n) is 6.09. The van der Waals surface area contributed by atoms with Gasteiger partial charge in [-0.05, 0) is 70.4 Å². The normalized spacial score (nSPS) is 18.5. The molecule has 1 aliphatic heterocycles. The van der Waals surface area contributed by atoms with E-state index in [9.17, 15) is 9.90 Å². The Morgan fingerprint density at radius 1 is 0.864 bits per heavy atom. The van der Waals surface area contributed by atoms with Crippen LogP contribution in [0.1, 0.15) is 48.0 Å². The molecule has 0 radical (unpaired) electrons.